The smallest absolute Gasteiger partial charge is 0.225 e. The van der Waals surface area contributed by atoms with Crippen LogP contribution < -0.4 is 10.6 Å². The van der Waals surface area contributed by atoms with Gasteiger partial charge in [-0.1, -0.05) is 49.0 Å². The Morgan fingerprint density at radius 2 is 1.72 bits per heavy atom. The quantitative estimate of drug-likeness (QED) is 0.260. The van der Waals surface area contributed by atoms with E-state index in [0.717, 1.165) is 90.1 Å². The van der Waals surface area contributed by atoms with Gasteiger partial charge in [0.25, 0.3) is 0 Å². The van der Waals surface area contributed by atoms with Crippen molar-refractivity contribution >= 4 is 28.7 Å². The maximum atomic E-state index is 6.48. The predicted molar refractivity (Wildman–Crippen MR) is 172 cm³/mol. The molecule has 1 saturated heterocycles. The summed E-state index contributed by atoms with van der Waals surface area (Å²) in [5, 5.41) is 0. The molecule has 0 radical (unpaired) electrons. The molecule has 0 amide bonds. The van der Waals surface area contributed by atoms with Gasteiger partial charge in [-0.3, -0.25) is 9.30 Å². The minimum atomic E-state index is 0.358. The number of fused-ring (bicyclic) bond motifs is 1. The number of aryl methyl sites for hydroxylation is 1. The third-order valence-electron chi connectivity index (χ3n) is 8.74. The lowest BCUT2D eigenvalue weighted by Crippen LogP contribution is -2.54. The van der Waals surface area contributed by atoms with Crippen molar-refractivity contribution in [1.29, 1.82) is 0 Å². The first-order chi connectivity index (χ1) is 21.1. The first-order valence-corrected chi connectivity index (χ1v) is 14.8. The summed E-state index contributed by atoms with van der Waals surface area (Å²) in [5.41, 5.74) is 13.0. The zero-order valence-electron chi connectivity index (χ0n) is 24.3. The van der Waals surface area contributed by atoms with Crippen LogP contribution in [0.15, 0.2) is 97.0 Å². The normalized spacial score (nSPS) is 19.4. The average Bonchev–Trinajstić information content (AvgIpc) is 3.41. The van der Waals surface area contributed by atoms with Gasteiger partial charge in [0.15, 0.2) is 0 Å². The van der Waals surface area contributed by atoms with Crippen LogP contribution in [0.2, 0.25) is 0 Å². The number of allylic oxidation sites excluding steroid dienone is 1. The van der Waals surface area contributed by atoms with Crippen molar-refractivity contribution in [3.63, 3.8) is 0 Å². The van der Waals surface area contributed by atoms with E-state index < -0.39 is 0 Å². The van der Waals surface area contributed by atoms with Crippen LogP contribution in [0.5, 0.6) is 0 Å². The fraction of sp³-hybridized carbons (Fsp3) is 0.265. The minimum absolute atomic E-state index is 0.358. The Kier molecular flexibility index (Phi) is 7.16. The Bertz CT molecular complexity index is 1780. The van der Waals surface area contributed by atoms with E-state index in [2.05, 4.69) is 60.9 Å². The molecule has 0 atom stereocenters. The number of aliphatic imine (C=N–C) groups is 1. The van der Waals surface area contributed by atoms with Crippen LogP contribution >= 0.6 is 0 Å². The summed E-state index contributed by atoms with van der Waals surface area (Å²) >= 11 is 0. The van der Waals surface area contributed by atoms with Crippen molar-refractivity contribution < 1.29 is 0 Å². The molecule has 0 unspecified atom stereocenters. The van der Waals surface area contributed by atoms with Gasteiger partial charge in [-0.2, -0.15) is 0 Å². The molecule has 1 aliphatic carbocycles. The third-order valence-corrected chi connectivity index (χ3v) is 8.74. The predicted octanol–water partition coefficient (Wildman–Crippen LogP) is 5.45. The minimum Gasteiger partial charge on any atom is -0.382 e. The number of aromatic nitrogens is 5. The summed E-state index contributed by atoms with van der Waals surface area (Å²) in [5.74, 6) is 2.71. The Balaban J connectivity index is 1.14. The summed E-state index contributed by atoms with van der Waals surface area (Å²) in [4.78, 5) is 28.4. The van der Waals surface area contributed by atoms with Crippen LogP contribution in [-0.4, -0.2) is 67.2 Å². The van der Waals surface area contributed by atoms with Gasteiger partial charge in [0.05, 0.1) is 11.4 Å². The second kappa shape index (κ2) is 11.4. The molecule has 216 valence electrons. The van der Waals surface area contributed by atoms with Crippen molar-refractivity contribution in [3.05, 3.63) is 109 Å². The number of nitrogen functional groups attached to an aromatic ring is 1. The number of hydrogen-bond acceptors (Lipinski definition) is 8. The average molecular weight is 570 g/mol. The fourth-order valence-corrected chi connectivity index (χ4v) is 6.26. The van der Waals surface area contributed by atoms with Gasteiger partial charge in [-0.25, -0.2) is 24.9 Å². The highest BCUT2D eigenvalue weighted by atomic mass is 15.3. The van der Waals surface area contributed by atoms with Crippen LogP contribution in [0.4, 0.5) is 17.5 Å². The number of benzene rings is 2. The molecular formula is C34H35N9. The number of anilines is 2. The first kappa shape index (κ1) is 27.0. The van der Waals surface area contributed by atoms with Crippen LogP contribution in [0.25, 0.3) is 16.8 Å². The van der Waals surface area contributed by atoms with Gasteiger partial charge in [-0.15, -0.1) is 0 Å². The molecule has 5 aromatic rings. The van der Waals surface area contributed by atoms with Crippen molar-refractivity contribution in [2.75, 3.05) is 36.8 Å². The highest BCUT2D eigenvalue weighted by molar-refractivity contribution is 6.09. The van der Waals surface area contributed by atoms with Gasteiger partial charge in [0.2, 0.25) is 5.95 Å². The topological polar surface area (TPSA) is 101 Å². The molecule has 7 rings (SSSR count). The van der Waals surface area contributed by atoms with E-state index in [1.807, 2.05) is 55.0 Å². The van der Waals surface area contributed by atoms with E-state index in [9.17, 15) is 0 Å². The van der Waals surface area contributed by atoms with Gasteiger partial charge < -0.3 is 10.6 Å². The highest BCUT2D eigenvalue weighted by Crippen LogP contribution is 2.42. The summed E-state index contributed by atoms with van der Waals surface area (Å²) in [7, 11) is 0. The fourth-order valence-electron chi connectivity index (χ4n) is 6.26. The third kappa shape index (κ3) is 5.17. The Morgan fingerprint density at radius 1 is 0.953 bits per heavy atom. The second-order valence-electron chi connectivity index (χ2n) is 11.3. The molecule has 9 heteroatoms. The summed E-state index contributed by atoms with van der Waals surface area (Å²) in [6, 6.07) is 18.8. The van der Waals surface area contributed by atoms with Crippen LogP contribution in [0.3, 0.4) is 0 Å². The Morgan fingerprint density at radius 3 is 2.47 bits per heavy atom. The Labute approximate surface area is 251 Å². The molecule has 4 heterocycles. The van der Waals surface area contributed by atoms with Crippen LogP contribution in [0.1, 0.15) is 35.7 Å². The van der Waals surface area contributed by atoms with E-state index in [1.54, 1.807) is 12.3 Å². The molecule has 2 aliphatic rings. The van der Waals surface area contributed by atoms with Crippen molar-refractivity contribution in [3.8, 4) is 11.3 Å². The van der Waals surface area contributed by atoms with Crippen LogP contribution in [-0.2, 0) is 0 Å². The molecule has 2 fully saturated rings. The van der Waals surface area contributed by atoms with Crippen molar-refractivity contribution in [2.45, 2.75) is 31.7 Å². The number of nitrogens with zero attached hydrogens (tertiary/aromatic N) is 8. The zero-order valence-corrected chi connectivity index (χ0v) is 24.3. The SMILES string of the molecule is C=C/C(=N\c1cc(-c2nc(C3CC(N4CCN(c5ncccn5)CC4)C3)n3ccnc(N)c23)ccc1C)c1ccccc1. The first-order valence-electron chi connectivity index (χ1n) is 14.8. The number of rotatable bonds is 7. The lowest BCUT2D eigenvalue weighted by molar-refractivity contribution is 0.0991. The molecule has 43 heavy (non-hydrogen) atoms. The van der Waals surface area contributed by atoms with Crippen LogP contribution in [0, 0.1) is 6.92 Å². The molecule has 3 aromatic heterocycles. The number of imidazole rings is 1. The molecule has 1 aliphatic heterocycles. The van der Waals surface area contributed by atoms with E-state index in [1.165, 1.54) is 0 Å². The maximum absolute atomic E-state index is 6.48. The summed E-state index contributed by atoms with van der Waals surface area (Å²) in [6.07, 6.45) is 11.3. The van der Waals surface area contributed by atoms with Crippen molar-refractivity contribution in [2.24, 2.45) is 4.99 Å². The number of nitrogens with two attached hydrogens (primary N) is 1. The van der Waals surface area contributed by atoms with Crippen molar-refractivity contribution in [1.82, 2.24) is 29.2 Å². The van der Waals surface area contributed by atoms with E-state index >= 15 is 0 Å². The molecule has 9 nitrogen and oxygen atoms in total. The molecule has 0 spiro atoms. The summed E-state index contributed by atoms with van der Waals surface area (Å²) < 4.78 is 2.14. The standard InChI is InChI=1S/C34H35N9/c1-3-28(24-8-5-4-6-9-24)39-29-22-25(11-10-23(29)2)30-31-32(35)36-14-15-43(31)33(40-30)26-20-27(21-26)41-16-18-42(19-17-41)34-37-12-7-13-38-34/h3-15,22,26-27H,1,16-21H2,2H3,(H2,35,36)/b39-28+. The zero-order chi connectivity index (χ0) is 29.3. The van der Waals surface area contributed by atoms with E-state index in [-0.39, 0.29) is 0 Å². The molecule has 2 aromatic carbocycles. The van der Waals surface area contributed by atoms with E-state index in [0.29, 0.717) is 17.8 Å². The highest BCUT2D eigenvalue weighted by Gasteiger charge is 2.38. The second-order valence-corrected chi connectivity index (χ2v) is 11.3. The van der Waals surface area contributed by atoms with Gasteiger partial charge >= 0.3 is 0 Å². The number of hydrogen-bond donors (Lipinski definition) is 1. The molecule has 0 bridgehead atoms. The molecule has 2 N–H and O–H groups in total. The number of piperazine rings is 1. The van der Waals surface area contributed by atoms with E-state index in [4.69, 9.17) is 15.7 Å². The lowest BCUT2D eigenvalue weighted by atomic mass is 9.78. The van der Waals surface area contributed by atoms with Gasteiger partial charge in [-0.05, 0) is 43.5 Å². The van der Waals surface area contributed by atoms with Gasteiger partial charge in [0.1, 0.15) is 22.9 Å². The largest absolute Gasteiger partial charge is 0.382 e. The lowest BCUT2D eigenvalue weighted by Gasteiger charge is -2.46. The maximum Gasteiger partial charge on any atom is 0.225 e. The Hall–Kier alpha value is -4.89. The molecular weight excluding hydrogens is 534 g/mol. The molecule has 1 saturated carbocycles. The summed E-state index contributed by atoms with van der Waals surface area (Å²) in [6.45, 7) is 10.0. The van der Waals surface area contributed by atoms with Gasteiger partial charge in [0, 0.05) is 74.1 Å². The monoisotopic (exact) mass is 569 g/mol.